The van der Waals surface area contributed by atoms with E-state index in [9.17, 15) is 9.59 Å². The zero-order valence-corrected chi connectivity index (χ0v) is 19.9. The summed E-state index contributed by atoms with van der Waals surface area (Å²) in [5.74, 6) is -0.267. The topological polar surface area (TPSA) is 65.6 Å². The summed E-state index contributed by atoms with van der Waals surface area (Å²) in [6.45, 7) is 12.3. The van der Waals surface area contributed by atoms with Gasteiger partial charge in [-0.05, 0) is 64.7 Å². The molecule has 1 aliphatic heterocycles. The summed E-state index contributed by atoms with van der Waals surface area (Å²) in [6.07, 6.45) is 1.98. The van der Waals surface area contributed by atoms with Gasteiger partial charge in [0.2, 0.25) is 0 Å². The molecular weight excluding hydrogens is 422 g/mol. The van der Waals surface area contributed by atoms with E-state index in [1.807, 2.05) is 33.8 Å². The van der Waals surface area contributed by atoms with Crippen molar-refractivity contribution in [1.29, 1.82) is 0 Å². The van der Waals surface area contributed by atoms with Gasteiger partial charge in [0, 0.05) is 53.7 Å². The summed E-state index contributed by atoms with van der Waals surface area (Å²) in [7, 11) is 0. The van der Waals surface area contributed by atoms with Crippen LogP contribution in [0.5, 0.6) is 0 Å². The number of H-pyrrole nitrogens is 1. The maximum atomic E-state index is 13.2. The van der Waals surface area contributed by atoms with E-state index in [2.05, 4.69) is 16.8 Å². The van der Waals surface area contributed by atoms with Gasteiger partial charge in [-0.2, -0.15) is 0 Å². The molecule has 0 radical (unpaired) electrons. The number of thiophene rings is 1. The lowest BCUT2D eigenvalue weighted by Crippen LogP contribution is -2.39. The number of amides is 1. The van der Waals surface area contributed by atoms with Crippen LogP contribution in [0, 0.1) is 27.7 Å². The van der Waals surface area contributed by atoms with Crippen LogP contribution in [-0.2, 0) is 11.3 Å². The lowest BCUT2D eigenvalue weighted by molar-refractivity contribution is 0.0844. The Balaban J connectivity index is 1.87. The summed E-state index contributed by atoms with van der Waals surface area (Å²) in [6, 6.07) is 2.31. The van der Waals surface area contributed by atoms with Crippen molar-refractivity contribution in [1.82, 2.24) is 9.40 Å². The average molecular weight is 452 g/mol. The Morgan fingerprint density at radius 2 is 1.93 bits per heavy atom. The van der Waals surface area contributed by atoms with Crippen molar-refractivity contribution in [2.75, 3.05) is 24.7 Å². The lowest BCUT2D eigenvalue weighted by atomic mass is 10.1. The van der Waals surface area contributed by atoms with E-state index in [4.69, 9.17) is 16.5 Å². The number of aromatic amines is 1. The molecule has 30 heavy (non-hydrogen) atoms. The highest BCUT2D eigenvalue weighted by Crippen LogP contribution is 2.38. The Kier molecular flexibility index (Phi) is 7.26. The Labute approximate surface area is 186 Å². The normalized spacial score (nSPS) is 14.7. The quantitative estimate of drug-likeness (QED) is 0.658. The molecule has 2 aromatic heterocycles. The fraction of sp³-hybridized carbons (Fsp3) is 0.545. The van der Waals surface area contributed by atoms with Crippen molar-refractivity contribution < 1.29 is 9.53 Å². The number of aromatic nitrogens is 1. The molecule has 0 saturated carbocycles. The Morgan fingerprint density at radius 3 is 2.53 bits per heavy atom. The summed E-state index contributed by atoms with van der Waals surface area (Å²) >= 11 is 8.04. The number of hydrogen-bond acceptors (Lipinski definition) is 5. The van der Waals surface area contributed by atoms with Crippen LogP contribution >= 0.6 is 23.1 Å². The fourth-order valence-electron chi connectivity index (χ4n) is 4.20. The number of nitrogens with one attached hydrogen (secondary N) is 1. The summed E-state index contributed by atoms with van der Waals surface area (Å²) in [5, 5.41) is 1.12. The molecule has 0 bridgehead atoms. The number of nitrogens with zero attached hydrogens (tertiary/aromatic N) is 2. The van der Waals surface area contributed by atoms with Crippen LogP contribution in [0.15, 0.2) is 10.9 Å². The first-order chi connectivity index (χ1) is 14.2. The van der Waals surface area contributed by atoms with Crippen molar-refractivity contribution in [3.05, 3.63) is 49.2 Å². The van der Waals surface area contributed by atoms with E-state index in [0.717, 1.165) is 63.7 Å². The lowest BCUT2D eigenvalue weighted by Gasteiger charge is -2.35. The molecule has 0 aromatic carbocycles. The number of carbonyl (C=O) groups is 1. The standard InChI is InChI=1S/C22H30ClN3O3S/c1-6-25(17-7-9-29-10-8-17)22-15(4)19(16(5)30-22)21(28)26(23)12-18-13(2)11-14(3)24-20(18)27/h11,17H,6-10,12H2,1-5H3,(H,24,27). The second-order valence-electron chi connectivity index (χ2n) is 7.86. The molecule has 1 saturated heterocycles. The Hall–Kier alpha value is -1.83. The van der Waals surface area contributed by atoms with Crippen molar-refractivity contribution >= 4 is 34.0 Å². The molecule has 0 atom stereocenters. The molecule has 1 N–H and O–H groups in total. The monoisotopic (exact) mass is 451 g/mol. The van der Waals surface area contributed by atoms with Crippen LogP contribution in [0.25, 0.3) is 0 Å². The minimum atomic E-state index is -0.267. The highest BCUT2D eigenvalue weighted by Gasteiger charge is 2.29. The molecule has 1 amide bonds. The molecule has 2 aromatic rings. The number of hydrogen-bond donors (Lipinski definition) is 1. The number of ether oxygens (including phenoxy) is 1. The van der Waals surface area contributed by atoms with Gasteiger partial charge in [-0.3, -0.25) is 9.59 Å². The van der Waals surface area contributed by atoms with Crippen molar-refractivity contribution in [2.24, 2.45) is 0 Å². The zero-order valence-electron chi connectivity index (χ0n) is 18.3. The first-order valence-electron chi connectivity index (χ1n) is 10.4. The molecule has 3 heterocycles. The first-order valence-corrected chi connectivity index (χ1v) is 11.5. The summed E-state index contributed by atoms with van der Waals surface area (Å²) in [5.41, 5.74) is 3.50. The van der Waals surface area contributed by atoms with E-state index in [-0.39, 0.29) is 18.0 Å². The van der Waals surface area contributed by atoms with Gasteiger partial charge in [-0.1, -0.05) is 0 Å². The molecule has 0 spiro atoms. The van der Waals surface area contributed by atoms with Crippen LogP contribution in [0.4, 0.5) is 5.00 Å². The number of anilines is 1. The van der Waals surface area contributed by atoms with Gasteiger partial charge in [-0.25, -0.2) is 4.42 Å². The van der Waals surface area contributed by atoms with Gasteiger partial charge in [0.05, 0.1) is 17.1 Å². The van der Waals surface area contributed by atoms with Crippen molar-refractivity contribution in [3.63, 3.8) is 0 Å². The molecule has 8 heteroatoms. The SMILES string of the molecule is CCN(c1sc(C)c(C(=O)N(Cl)Cc2c(C)cc(C)[nH]c2=O)c1C)C1CCOCC1. The average Bonchev–Trinajstić information content (AvgIpc) is 2.99. The number of aryl methyl sites for hydroxylation is 3. The summed E-state index contributed by atoms with van der Waals surface area (Å²) < 4.78 is 6.64. The maximum Gasteiger partial charge on any atom is 0.270 e. The van der Waals surface area contributed by atoms with Crippen molar-refractivity contribution in [3.8, 4) is 0 Å². The van der Waals surface area contributed by atoms with Gasteiger partial charge in [-0.15, -0.1) is 11.3 Å². The third-order valence-electron chi connectivity index (χ3n) is 5.76. The van der Waals surface area contributed by atoms with Crippen molar-refractivity contribution in [2.45, 2.75) is 60.0 Å². The smallest absolute Gasteiger partial charge is 0.270 e. The second kappa shape index (κ2) is 9.54. The number of rotatable bonds is 6. The van der Waals surface area contributed by atoms with Gasteiger partial charge in [0.1, 0.15) is 0 Å². The van der Waals surface area contributed by atoms with Crippen LogP contribution in [-0.4, -0.2) is 41.1 Å². The minimum Gasteiger partial charge on any atom is -0.381 e. The van der Waals surface area contributed by atoms with E-state index < -0.39 is 0 Å². The van der Waals surface area contributed by atoms with Gasteiger partial charge >= 0.3 is 0 Å². The van der Waals surface area contributed by atoms with Gasteiger partial charge in [0.25, 0.3) is 11.5 Å². The maximum absolute atomic E-state index is 13.2. The van der Waals surface area contributed by atoms with Crippen LogP contribution in [0.3, 0.4) is 0 Å². The predicted octanol–water partition coefficient (Wildman–Crippen LogP) is 4.47. The summed E-state index contributed by atoms with van der Waals surface area (Å²) in [4.78, 5) is 31.7. The fourth-order valence-corrected chi connectivity index (χ4v) is 5.69. The van der Waals surface area contributed by atoms with Crippen LogP contribution < -0.4 is 10.5 Å². The highest BCUT2D eigenvalue weighted by molar-refractivity contribution is 7.16. The Bertz CT molecular complexity index is 979. The van der Waals surface area contributed by atoms with E-state index in [1.165, 1.54) is 0 Å². The number of pyridine rings is 1. The van der Waals surface area contributed by atoms with E-state index >= 15 is 0 Å². The molecule has 1 aliphatic rings. The number of halogens is 1. The number of carbonyl (C=O) groups excluding carboxylic acids is 1. The second-order valence-corrected chi connectivity index (χ2v) is 9.47. The van der Waals surface area contributed by atoms with Crippen LogP contribution in [0.1, 0.15) is 57.4 Å². The first kappa shape index (κ1) is 22.8. The predicted molar refractivity (Wildman–Crippen MR) is 123 cm³/mol. The molecule has 1 fully saturated rings. The van der Waals surface area contributed by atoms with Gasteiger partial charge in [0.15, 0.2) is 0 Å². The molecule has 164 valence electrons. The molecular formula is C22H30ClN3O3S. The van der Waals surface area contributed by atoms with Gasteiger partial charge < -0.3 is 14.6 Å². The zero-order chi connectivity index (χ0) is 22.0. The largest absolute Gasteiger partial charge is 0.381 e. The third kappa shape index (κ3) is 4.58. The molecule has 3 rings (SSSR count). The van der Waals surface area contributed by atoms with E-state index in [0.29, 0.717) is 17.2 Å². The minimum absolute atomic E-state index is 0.0589. The highest BCUT2D eigenvalue weighted by atomic mass is 35.5. The third-order valence-corrected chi connectivity index (χ3v) is 7.27. The molecule has 0 unspecified atom stereocenters. The Morgan fingerprint density at radius 1 is 1.27 bits per heavy atom. The van der Waals surface area contributed by atoms with Crippen LogP contribution in [0.2, 0.25) is 0 Å². The molecule has 0 aliphatic carbocycles. The molecule has 6 nitrogen and oxygen atoms in total. The van der Waals surface area contributed by atoms with E-state index in [1.54, 1.807) is 11.3 Å².